The predicted octanol–water partition coefficient (Wildman–Crippen LogP) is 0.824. The zero-order valence-electron chi connectivity index (χ0n) is 4.93. The lowest BCUT2D eigenvalue weighted by Gasteiger charge is -2.31. The Hall–Kier alpha value is -0.310. The van der Waals surface area contributed by atoms with Crippen molar-refractivity contribution in [3.05, 3.63) is 12.7 Å². The van der Waals surface area contributed by atoms with Gasteiger partial charge in [0.1, 0.15) is 4.83 Å². The molecule has 0 spiro atoms. The second-order valence-electron chi connectivity index (χ2n) is 2.04. The van der Waals surface area contributed by atoms with Gasteiger partial charge in [0.15, 0.2) is 0 Å². The minimum Gasteiger partial charge on any atom is -0.350 e. The molecule has 1 aliphatic rings. The monoisotopic (exact) mass is 189 g/mol. The summed E-state index contributed by atoms with van der Waals surface area (Å²) in [5, 5.41) is 2.74. The molecule has 0 bridgehead atoms. The molecule has 0 aromatic rings. The van der Waals surface area contributed by atoms with Crippen LogP contribution in [-0.2, 0) is 4.79 Å². The Balaban J connectivity index is 2.32. The van der Waals surface area contributed by atoms with Crippen LogP contribution in [0, 0.1) is 0 Å². The van der Waals surface area contributed by atoms with Gasteiger partial charge in [0.05, 0.1) is 6.04 Å². The maximum absolute atomic E-state index is 10.5. The largest absolute Gasteiger partial charge is 0.350 e. The molecule has 1 saturated heterocycles. The summed E-state index contributed by atoms with van der Waals surface area (Å²) in [6, 6.07) is 0.273. The number of alkyl halides is 1. The van der Waals surface area contributed by atoms with Crippen molar-refractivity contribution in [2.75, 3.05) is 0 Å². The summed E-state index contributed by atoms with van der Waals surface area (Å²) in [6.07, 6.45) is 2.65. The van der Waals surface area contributed by atoms with Crippen LogP contribution in [-0.4, -0.2) is 16.8 Å². The molecule has 0 aliphatic carbocycles. The Morgan fingerprint density at radius 2 is 2.56 bits per heavy atom. The standard InChI is InChI=1S/C6H8BrNO/c1-2-3-4-5(7)6(9)8-4/h2,4-5H,1,3H2,(H,8,9)/t4-,5-/m1/s1. The molecule has 9 heavy (non-hydrogen) atoms. The van der Waals surface area contributed by atoms with Crippen LogP contribution in [0.1, 0.15) is 6.42 Å². The van der Waals surface area contributed by atoms with Gasteiger partial charge in [0.2, 0.25) is 5.91 Å². The Morgan fingerprint density at radius 1 is 1.89 bits per heavy atom. The highest BCUT2D eigenvalue weighted by molar-refractivity contribution is 9.10. The summed E-state index contributed by atoms with van der Waals surface area (Å²) in [6.45, 7) is 3.57. The molecular weight excluding hydrogens is 182 g/mol. The number of hydrogen-bond donors (Lipinski definition) is 1. The van der Waals surface area contributed by atoms with E-state index < -0.39 is 0 Å². The van der Waals surface area contributed by atoms with E-state index in [9.17, 15) is 4.79 Å². The quantitative estimate of drug-likeness (QED) is 0.390. The fourth-order valence-electron chi connectivity index (χ4n) is 0.780. The highest BCUT2D eigenvalue weighted by Gasteiger charge is 2.35. The molecule has 1 N–H and O–H groups in total. The van der Waals surface area contributed by atoms with E-state index in [4.69, 9.17) is 0 Å². The van der Waals surface area contributed by atoms with Crippen molar-refractivity contribution in [2.24, 2.45) is 0 Å². The molecular formula is C6H8BrNO. The van der Waals surface area contributed by atoms with Crippen LogP contribution in [0.5, 0.6) is 0 Å². The van der Waals surface area contributed by atoms with Gasteiger partial charge in [-0.3, -0.25) is 4.79 Å². The first kappa shape index (κ1) is 6.81. The molecule has 2 atom stereocenters. The van der Waals surface area contributed by atoms with E-state index in [1.54, 1.807) is 6.08 Å². The fourth-order valence-corrected chi connectivity index (χ4v) is 1.26. The highest BCUT2D eigenvalue weighted by atomic mass is 79.9. The van der Waals surface area contributed by atoms with E-state index in [0.717, 1.165) is 6.42 Å². The maximum atomic E-state index is 10.5. The van der Waals surface area contributed by atoms with Crippen LogP contribution >= 0.6 is 15.9 Å². The van der Waals surface area contributed by atoms with E-state index in [1.165, 1.54) is 0 Å². The maximum Gasteiger partial charge on any atom is 0.236 e. The van der Waals surface area contributed by atoms with Crippen LogP contribution in [0.2, 0.25) is 0 Å². The van der Waals surface area contributed by atoms with E-state index >= 15 is 0 Å². The van der Waals surface area contributed by atoms with Crippen molar-refractivity contribution < 1.29 is 4.79 Å². The first-order valence-electron chi connectivity index (χ1n) is 2.81. The Labute approximate surface area is 62.4 Å². The number of carbonyl (C=O) groups is 1. The molecule has 0 aromatic carbocycles. The number of amides is 1. The van der Waals surface area contributed by atoms with Crippen LogP contribution < -0.4 is 5.32 Å². The van der Waals surface area contributed by atoms with Crippen molar-refractivity contribution in [2.45, 2.75) is 17.3 Å². The summed E-state index contributed by atoms with van der Waals surface area (Å²) in [5.74, 6) is 0.0850. The van der Waals surface area contributed by atoms with E-state index in [-0.39, 0.29) is 16.8 Å². The Morgan fingerprint density at radius 3 is 2.89 bits per heavy atom. The third kappa shape index (κ3) is 1.15. The first-order chi connectivity index (χ1) is 4.25. The molecule has 0 unspecified atom stereocenters. The second-order valence-corrected chi connectivity index (χ2v) is 3.03. The van der Waals surface area contributed by atoms with Crippen molar-refractivity contribution in [1.29, 1.82) is 0 Å². The van der Waals surface area contributed by atoms with Gasteiger partial charge in [-0.25, -0.2) is 0 Å². The number of halogens is 1. The van der Waals surface area contributed by atoms with Gasteiger partial charge in [0, 0.05) is 0 Å². The molecule has 1 rings (SSSR count). The molecule has 3 heteroatoms. The van der Waals surface area contributed by atoms with Gasteiger partial charge in [-0.15, -0.1) is 6.58 Å². The van der Waals surface area contributed by atoms with Crippen molar-refractivity contribution in [3.63, 3.8) is 0 Å². The summed E-state index contributed by atoms with van der Waals surface area (Å²) < 4.78 is 0. The molecule has 1 heterocycles. The lowest BCUT2D eigenvalue weighted by molar-refractivity contribution is -0.126. The molecule has 50 valence electrons. The smallest absolute Gasteiger partial charge is 0.236 e. The van der Waals surface area contributed by atoms with Crippen LogP contribution in [0.15, 0.2) is 12.7 Å². The van der Waals surface area contributed by atoms with Crippen molar-refractivity contribution in [3.8, 4) is 0 Å². The number of hydrogen-bond acceptors (Lipinski definition) is 1. The van der Waals surface area contributed by atoms with Crippen LogP contribution in [0.3, 0.4) is 0 Å². The van der Waals surface area contributed by atoms with Gasteiger partial charge in [-0.05, 0) is 6.42 Å². The SMILES string of the molecule is C=CC[C@H]1NC(=O)[C@@H]1Br. The Bertz CT molecular complexity index is 144. The fraction of sp³-hybridized carbons (Fsp3) is 0.500. The van der Waals surface area contributed by atoms with Gasteiger partial charge in [-0.1, -0.05) is 22.0 Å². The second kappa shape index (κ2) is 2.52. The first-order valence-corrected chi connectivity index (χ1v) is 3.72. The van der Waals surface area contributed by atoms with Crippen molar-refractivity contribution in [1.82, 2.24) is 5.32 Å². The molecule has 2 nitrogen and oxygen atoms in total. The molecule has 0 saturated carbocycles. The lowest BCUT2D eigenvalue weighted by atomic mass is 10.0. The zero-order valence-corrected chi connectivity index (χ0v) is 6.52. The topological polar surface area (TPSA) is 29.1 Å². The molecule has 1 aliphatic heterocycles. The van der Waals surface area contributed by atoms with Crippen LogP contribution in [0.4, 0.5) is 0 Å². The van der Waals surface area contributed by atoms with E-state index in [1.807, 2.05) is 0 Å². The summed E-state index contributed by atoms with van der Waals surface area (Å²) in [4.78, 5) is 10.5. The number of rotatable bonds is 2. The molecule has 1 amide bonds. The summed E-state index contributed by atoms with van der Waals surface area (Å²) in [5.41, 5.74) is 0. The molecule has 0 aromatic heterocycles. The minimum absolute atomic E-state index is 0.00972. The van der Waals surface area contributed by atoms with Crippen molar-refractivity contribution >= 4 is 21.8 Å². The summed E-state index contributed by atoms with van der Waals surface area (Å²) >= 11 is 3.23. The normalized spacial score (nSPS) is 32.8. The minimum atomic E-state index is 0.00972. The number of nitrogens with one attached hydrogen (secondary N) is 1. The van der Waals surface area contributed by atoms with E-state index in [2.05, 4.69) is 27.8 Å². The average Bonchev–Trinajstić information content (AvgIpc) is 1.88. The summed E-state index contributed by atoms with van der Waals surface area (Å²) in [7, 11) is 0. The zero-order chi connectivity index (χ0) is 6.85. The van der Waals surface area contributed by atoms with Gasteiger partial charge < -0.3 is 5.32 Å². The Kier molecular flexibility index (Phi) is 1.90. The third-order valence-corrected chi connectivity index (χ3v) is 2.41. The molecule has 0 radical (unpaired) electrons. The number of β-lactam (4-membered cyclic amide) rings is 1. The predicted molar refractivity (Wildman–Crippen MR) is 39.5 cm³/mol. The van der Waals surface area contributed by atoms with Crippen LogP contribution in [0.25, 0.3) is 0 Å². The highest BCUT2D eigenvalue weighted by Crippen LogP contribution is 2.18. The van der Waals surface area contributed by atoms with Gasteiger partial charge >= 0.3 is 0 Å². The third-order valence-electron chi connectivity index (χ3n) is 1.35. The average molecular weight is 190 g/mol. The van der Waals surface area contributed by atoms with Gasteiger partial charge in [-0.2, -0.15) is 0 Å². The number of carbonyl (C=O) groups excluding carboxylic acids is 1. The lowest BCUT2D eigenvalue weighted by Crippen LogP contribution is -2.58. The molecule has 1 fully saturated rings. The van der Waals surface area contributed by atoms with E-state index in [0.29, 0.717) is 0 Å². The van der Waals surface area contributed by atoms with Gasteiger partial charge in [0.25, 0.3) is 0 Å².